The molecule has 1 aromatic rings. The normalized spacial score (nSPS) is 18.5. The van der Waals surface area contributed by atoms with E-state index in [0.29, 0.717) is 38.0 Å². The number of urea groups is 1. The lowest BCUT2D eigenvalue weighted by molar-refractivity contribution is 0.0157. The van der Waals surface area contributed by atoms with Gasteiger partial charge < -0.3 is 19.7 Å². The molecule has 0 radical (unpaired) electrons. The molecule has 0 spiro atoms. The Morgan fingerprint density at radius 3 is 3.08 bits per heavy atom. The van der Waals surface area contributed by atoms with E-state index in [4.69, 9.17) is 14.7 Å². The molecule has 2 amide bonds. The van der Waals surface area contributed by atoms with Gasteiger partial charge in [0.25, 0.3) is 0 Å². The van der Waals surface area contributed by atoms with Crippen molar-refractivity contribution in [3.05, 3.63) is 23.9 Å². The second kappa shape index (κ2) is 9.23. The fraction of sp³-hybridized carbons (Fsp3) is 0.611. The van der Waals surface area contributed by atoms with E-state index >= 15 is 0 Å². The summed E-state index contributed by atoms with van der Waals surface area (Å²) >= 11 is 0. The van der Waals surface area contributed by atoms with E-state index in [1.807, 2.05) is 25.1 Å². The summed E-state index contributed by atoms with van der Waals surface area (Å²) in [5.74, 6) is 1.12. The smallest absolute Gasteiger partial charge is 0.317 e. The summed E-state index contributed by atoms with van der Waals surface area (Å²) in [7, 11) is 0. The van der Waals surface area contributed by atoms with Crippen LogP contribution in [0, 0.1) is 17.2 Å². The molecule has 25 heavy (non-hydrogen) atoms. The third kappa shape index (κ3) is 6.24. The minimum atomic E-state index is -0.553. The first-order valence-corrected chi connectivity index (χ1v) is 8.63. The first-order valence-electron chi connectivity index (χ1n) is 8.63. The summed E-state index contributed by atoms with van der Waals surface area (Å²) in [4.78, 5) is 18.0. The van der Waals surface area contributed by atoms with Gasteiger partial charge in [0.15, 0.2) is 6.10 Å². The van der Waals surface area contributed by atoms with Crippen molar-refractivity contribution in [3.8, 4) is 11.9 Å². The van der Waals surface area contributed by atoms with Crippen molar-refractivity contribution in [3.63, 3.8) is 0 Å². The zero-order chi connectivity index (χ0) is 18.2. The summed E-state index contributed by atoms with van der Waals surface area (Å²) in [6, 6.07) is 5.52. The van der Waals surface area contributed by atoms with Crippen LogP contribution in [0.4, 0.5) is 4.79 Å². The molecule has 0 bridgehead atoms. The number of rotatable bonds is 6. The molecule has 7 heteroatoms. The Labute approximate surface area is 148 Å². The van der Waals surface area contributed by atoms with Crippen LogP contribution < -0.4 is 10.1 Å². The van der Waals surface area contributed by atoms with E-state index in [1.165, 1.54) is 0 Å². The van der Waals surface area contributed by atoms with Gasteiger partial charge in [0.1, 0.15) is 0 Å². The molecule has 2 atom stereocenters. The predicted octanol–water partition coefficient (Wildman–Crippen LogP) is 2.33. The molecule has 0 aromatic carbocycles. The van der Waals surface area contributed by atoms with Crippen LogP contribution >= 0.6 is 0 Å². The van der Waals surface area contributed by atoms with Gasteiger partial charge in [-0.3, -0.25) is 0 Å². The second-order valence-corrected chi connectivity index (χ2v) is 6.65. The van der Waals surface area contributed by atoms with Gasteiger partial charge in [-0.05, 0) is 30.9 Å². The van der Waals surface area contributed by atoms with Crippen molar-refractivity contribution in [2.75, 3.05) is 19.7 Å². The Hall–Kier alpha value is -2.33. The highest BCUT2D eigenvalue weighted by molar-refractivity contribution is 5.74. The monoisotopic (exact) mass is 346 g/mol. The number of ether oxygens (including phenoxy) is 2. The van der Waals surface area contributed by atoms with Gasteiger partial charge in [0, 0.05) is 25.4 Å². The Morgan fingerprint density at radius 1 is 1.56 bits per heavy atom. The van der Waals surface area contributed by atoms with Crippen LogP contribution in [0.25, 0.3) is 0 Å². The number of carbonyl (C=O) groups excluding carboxylic acids is 1. The van der Waals surface area contributed by atoms with Crippen LogP contribution in [-0.2, 0) is 11.3 Å². The van der Waals surface area contributed by atoms with Gasteiger partial charge in [-0.2, -0.15) is 5.26 Å². The standard InChI is InChI=1S/C18H26N4O3/c1-13(2)8-14(3)25-17-9-15(4-5-20-17)11-21-18(23)22-6-7-24-16(10-19)12-22/h4-5,9,13-14,16H,6-8,11-12H2,1-3H3,(H,21,23). The summed E-state index contributed by atoms with van der Waals surface area (Å²) in [5, 5.41) is 11.8. The van der Waals surface area contributed by atoms with E-state index in [1.54, 1.807) is 11.1 Å². The number of hydrogen-bond acceptors (Lipinski definition) is 5. The maximum Gasteiger partial charge on any atom is 0.317 e. The average molecular weight is 346 g/mol. The molecular weight excluding hydrogens is 320 g/mol. The molecule has 2 rings (SSSR count). The van der Waals surface area contributed by atoms with Crippen molar-refractivity contribution >= 4 is 6.03 Å². The van der Waals surface area contributed by atoms with Crippen LogP contribution in [0.1, 0.15) is 32.8 Å². The van der Waals surface area contributed by atoms with E-state index < -0.39 is 6.10 Å². The zero-order valence-electron chi connectivity index (χ0n) is 15.1. The lowest BCUT2D eigenvalue weighted by Crippen LogP contribution is -2.49. The Balaban J connectivity index is 1.85. The van der Waals surface area contributed by atoms with Crippen LogP contribution in [0.3, 0.4) is 0 Å². The number of amides is 2. The maximum atomic E-state index is 12.2. The number of nitrogens with zero attached hydrogens (tertiary/aromatic N) is 3. The summed E-state index contributed by atoms with van der Waals surface area (Å²) in [6.45, 7) is 7.88. The Morgan fingerprint density at radius 2 is 2.36 bits per heavy atom. The summed E-state index contributed by atoms with van der Waals surface area (Å²) in [6.07, 6.45) is 2.18. The molecular formula is C18H26N4O3. The number of nitrogens with one attached hydrogen (secondary N) is 1. The van der Waals surface area contributed by atoms with Crippen LogP contribution in [0.15, 0.2) is 18.3 Å². The van der Waals surface area contributed by atoms with Crippen molar-refractivity contribution in [2.45, 2.75) is 45.9 Å². The Bertz CT molecular complexity index is 615. The molecule has 1 saturated heterocycles. The first-order chi connectivity index (χ1) is 12.0. The fourth-order valence-electron chi connectivity index (χ4n) is 2.74. The van der Waals surface area contributed by atoms with Gasteiger partial charge in [0.05, 0.1) is 25.3 Å². The zero-order valence-corrected chi connectivity index (χ0v) is 15.1. The maximum absolute atomic E-state index is 12.2. The van der Waals surface area contributed by atoms with Gasteiger partial charge in [-0.25, -0.2) is 9.78 Å². The third-order valence-electron chi connectivity index (χ3n) is 3.87. The van der Waals surface area contributed by atoms with Crippen molar-refractivity contribution in [1.29, 1.82) is 5.26 Å². The number of aromatic nitrogens is 1. The number of carbonyl (C=O) groups is 1. The lowest BCUT2D eigenvalue weighted by atomic mass is 10.1. The molecule has 136 valence electrons. The van der Waals surface area contributed by atoms with E-state index in [2.05, 4.69) is 24.1 Å². The molecule has 1 aliphatic rings. The Kier molecular flexibility index (Phi) is 7.02. The van der Waals surface area contributed by atoms with E-state index in [-0.39, 0.29) is 12.1 Å². The number of nitriles is 1. The molecule has 7 nitrogen and oxygen atoms in total. The molecule has 1 N–H and O–H groups in total. The predicted molar refractivity (Wildman–Crippen MR) is 92.9 cm³/mol. The van der Waals surface area contributed by atoms with E-state index in [0.717, 1.165) is 12.0 Å². The summed E-state index contributed by atoms with van der Waals surface area (Å²) in [5.41, 5.74) is 0.917. The third-order valence-corrected chi connectivity index (χ3v) is 3.87. The van der Waals surface area contributed by atoms with Gasteiger partial charge in [0.2, 0.25) is 5.88 Å². The highest BCUT2D eigenvalue weighted by atomic mass is 16.5. The lowest BCUT2D eigenvalue weighted by Gasteiger charge is -2.29. The van der Waals surface area contributed by atoms with Gasteiger partial charge >= 0.3 is 6.03 Å². The van der Waals surface area contributed by atoms with Crippen LogP contribution in [0.2, 0.25) is 0 Å². The average Bonchev–Trinajstić information content (AvgIpc) is 2.59. The highest BCUT2D eigenvalue weighted by Gasteiger charge is 2.23. The minimum absolute atomic E-state index is 0.0913. The molecule has 2 unspecified atom stereocenters. The minimum Gasteiger partial charge on any atom is -0.475 e. The van der Waals surface area contributed by atoms with Crippen LogP contribution in [0.5, 0.6) is 5.88 Å². The number of morpholine rings is 1. The quantitative estimate of drug-likeness (QED) is 0.854. The molecule has 0 aliphatic carbocycles. The van der Waals surface area contributed by atoms with E-state index in [9.17, 15) is 4.79 Å². The molecule has 1 aromatic heterocycles. The molecule has 0 saturated carbocycles. The van der Waals surface area contributed by atoms with Gasteiger partial charge in [-0.15, -0.1) is 0 Å². The van der Waals surface area contributed by atoms with Crippen molar-refractivity contribution < 1.29 is 14.3 Å². The largest absolute Gasteiger partial charge is 0.475 e. The van der Waals surface area contributed by atoms with Crippen LogP contribution in [-0.4, -0.2) is 47.8 Å². The summed E-state index contributed by atoms with van der Waals surface area (Å²) < 4.78 is 11.1. The second-order valence-electron chi connectivity index (χ2n) is 6.65. The molecule has 2 heterocycles. The molecule has 1 aliphatic heterocycles. The number of pyridine rings is 1. The topological polar surface area (TPSA) is 87.5 Å². The van der Waals surface area contributed by atoms with Gasteiger partial charge in [-0.1, -0.05) is 13.8 Å². The molecule has 1 fully saturated rings. The van der Waals surface area contributed by atoms with Crippen molar-refractivity contribution in [1.82, 2.24) is 15.2 Å². The SMILES string of the molecule is CC(C)CC(C)Oc1cc(CNC(=O)N2CCOC(C#N)C2)ccn1. The van der Waals surface area contributed by atoms with Crippen molar-refractivity contribution in [2.24, 2.45) is 5.92 Å². The first kappa shape index (κ1) is 19.0. The fourth-order valence-corrected chi connectivity index (χ4v) is 2.74. The highest BCUT2D eigenvalue weighted by Crippen LogP contribution is 2.15. The number of hydrogen-bond donors (Lipinski definition) is 1.